The third-order valence-electron chi connectivity index (χ3n) is 2.31. The van der Waals surface area contributed by atoms with Gasteiger partial charge in [-0.2, -0.15) is 11.8 Å². The average Bonchev–Trinajstić information content (AvgIpc) is 2.25. The molecule has 1 rings (SSSR count). The molecular formula is C11H18N2S. The Morgan fingerprint density at radius 3 is 2.71 bits per heavy atom. The van der Waals surface area contributed by atoms with E-state index in [2.05, 4.69) is 28.7 Å². The summed E-state index contributed by atoms with van der Waals surface area (Å²) in [5, 5.41) is 3.35. The highest BCUT2D eigenvalue weighted by molar-refractivity contribution is 7.98. The fraction of sp³-hybridized carbons (Fsp3) is 0.545. The molecule has 1 heterocycles. The van der Waals surface area contributed by atoms with E-state index in [1.54, 1.807) is 0 Å². The van der Waals surface area contributed by atoms with Crippen LogP contribution in [0.2, 0.25) is 0 Å². The molecule has 0 spiro atoms. The largest absolute Gasteiger partial charge is 0.317 e. The molecule has 3 heteroatoms. The van der Waals surface area contributed by atoms with Gasteiger partial charge in [0.15, 0.2) is 0 Å². The minimum absolute atomic E-state index is 0.588. The molecule has 2 nitrogen and oxygen atoms in total. The lowest BCUT2D eigenvalue weighted by molar-refractivity contribution is 0.547. The summed E-state index contributed by atoms with van der Waals surface area (Å²) in [6.07, 6.45) is 8.19. The third kappa shape index (κ3) is 4.11. The summed E-state index contributed by atoms with van der Waals surface area (Å²) >= 11 is 1.90. The first-order valence-corrected chi connectivity index (χ1v) is 6.31. The van der Waals surface area contributed by atoms with Gasteiger partial charge in [-0.25, -0.2) is 0 Å². The Morgan fingerprint density at radius 2 is 2.14 bits per heavy atom. The van der Waals surface area contributed by atoms with Crippen LogP contribution in [-0.2, 0) is 6.42 Å². The number of thioether (sulfide) groups is 1. The third-order valence-corrected chi connectivity index (χ3v) is 2.95. The van der Waals surface area contributed by atoms with Gasteiger partial charge in [0.2, 0.25) is 0 Å². The summed E-state index contributed by atoms with van der Waals surface area (Å²) in [7, 11) is 2.03. The molecule has 0 saturated carbocycles. The summed E-state index contributed by atoms with van der Waals surface area (Å²) in [5.41, 5.74) is 1.36. The van der Waals surface area contributed by atoms with Gasteiger partial charge in [0, 0.05) is 18.4 Å². The summed E-state index contributed by atoms with van der Waals surface area (Å²) in [5.74, 6) is 1.22. The van der Waals surface area contributed by atoms with Gasteiger partial charge in [-0.05, 0) is 49.6 Å². The minimum atomic E-state index is 0.588. The number of likely N-dealkylation sites (N-methyl/N-ethyl adjacent to an activating group) is 1. The molecule has 0 amide bonds. The van der Waals surface area contributed by atoms with Crippen molar-refractivity contribution in [3.05, 3.63) is 30.1 Å². The number of pyridine rings is 1. The summed E-state index contributed by atoms with van der Waals surface area (Å²) in [4.78, 5) is 4.02. The van der Waals surface area contributed by atoms with Crippen molar-refractivity contribution in [1.29, 1.82) is 0 Å². The topological polar surface area (TPSA) is 24.9 Å². The fourth-order valence-electron chi connectivity index (χ4n) is 1.41. The molecule has 0 radical (unpaired) electrons. The van der Waals surface area contributed by atoms with Crippen LogP contribution < -0.4 is 5.32 Å². The Kier molecular flexibility index (Phi) is 5.64. The van der Waals surface area contributed by atoms with E-state index in [4.69, 9.17) is 0 Å². The molecule has 1 aromatic heterocycles. The van der Waals surface area contributed by atoms with E-state index in [0.29, 0.717) is 6.04 Å². The molecule has 0 saturated heterocycles. The molecule has 1 N–H and O–H groups in total. The second kappa shape index (κ2) is 6.85. The van der Waals surface area contributed by atoms with Gasteiger partial charge in [0.1, 0.15) is 0 Å². The van der Waals surface area contributed by atoms with Crippen LogP contribution in [0.5, 0.6) is 0 Å². The van der Waals surface area contributed by atoms with Gasteiger partial charge < -0.3 is 5.32 Å². The van der Waals surface area contributed by atoms with Gasteiger partial charge in [0.25, 0.3) is 0 Å². The van der Waals surface area contributed by atoms with Crippen molar-refractivity contribution in [3.63, 3.8) is 0 Å². The molecule has 0 bridgehead atoms. The second-order valence-electron chi connectivity index (χ2n) is 3.33. The zero-order chi connectivity index (χ0) is 10.2. The maximum absolute atomic E-state index is 4.02. The molecule has 78 valence electrons. The normalized spacial score (nSPS) is 12.7. The van der Waals surface area contributed by atoms with Crippen LogP contribution in [0.4, 0.5) is 0 Å². The lowest BCUT2D eigenvalue weighted by Gasteiger charge is -2.15. The number of aromatic nitrogens is 1. The minimum Gasteiger partial charge on any atom is -0.317 e. The van der Waals surface area contributed by atoms with Crippen LogP contribution >= 0.6 is 11.8 Å². The number of hydrogen-bond donors (Lipinski definition) is 1. The standard InChI is InChI=1S/C11H18N2S/c1-12-11(5-8-14-2)9-10-3-6-13-7-4-10/h3-4,6-7,11-12H,5,8-9H2,1-2H3. The van der Waals surface area contributed by atoms with Gasteiger partial charge in [-0.15, -0.1) is 0 Å². The zero-order valence-corrected chi connectivity index (χ0v) is 9.68. The predicted octanol–water partition coefficient (Wildman–Crippen LogP) is 1.97. The molecule has 0 fully saturated rings. The first kappa shape index (κ1) is 11.5. The zero-order valence-electron chi connectivity index (χ0n) is 8.86. The number of nitrogens with one attached hydrogen (secondary N) is 1. The van der Waals surface area contributed by atoms with Gasteiger partial charge in [-0.3, -0.25) is 4.98 Å². The van der Waals surface area contributed by atoms with E-state index in [1.165, 1.54) is 17.7 Å². The molecule has 14 heavy (non-hydrogen) atoms. The summed E-state index contributed by atoms with van der Waals surface area (Å²) in [6.45, 7) is 0. The Hall–Kier alpha value is -0.540. The fourth-order valence-corrected chi connectivity index (χ4v) is 1.93. The van der Waals surface area contributed by atoms with Crippen molar-refractivity contribution in [2.75, 3.05) is 19.1 Å². The Labute approximate surface area is 90.5 Å². The van der Waals surface area contributed by atoms with Crippen LogP contribution in [0.15, 0.2) is 24.5 Å². The second-order valence-corrected chi connectivity index (χ2v) is 4.31. The maximum atomic E-state index is 4.02. The number of nitrogens with zero attached hydrogens (tertiary/aromatic N) is 1. The van der Waals surface area contributed by atoms with Crippen molar-refractivity contribution < 1.29 is 0 Å². The quantitative estimate of drug-likeness (QED) is 0.777. The Morgan fingerprint density at radius 1 is 1.43 bits per heavy atom. The van der Waals surface area contributed by atoms with Crippen LogP contribution in [0.25, 0.3) is 0 Å². The molecule has 1 aromatic rings. The summed E-state index contributed by atoms with van der Waals surface area (Å²) < 4.78 is 0. The van der Waals surface area contributed by atoms with E-state index in [9.17, 15) is 0 Å². The van der Waals surface area contributed by atoms with E-state index in [0.717, 1.165) is 6.42 Å². The lowest BCUT2D eigenvalue weighted by Crippen LogP contribution is -2.28. The monoisotopic (exact) mass is 210 g/mol. The van der Waals surface area contributed by atoms with Crippen molar-refractivity contribution in [2.45, 2.75) is 18.9 Å². The Bertz CT molecular complexity index is 238. The maximum Gasteiger partial charge on any atom is 0.0270 e. The van der Waals surface area contributed by atoms with Crippen LogP contribution in [-0.4, -0.2) is 30.1 Å². The van der Waals surface area contributed by atoms with Crippen molar-refractivity contribution >= 4 is 11.8 Å². The van der Waals surface area contributed by atoms with E-state index in [1.807, 2.05) is 31.2 Å². The average molecular weight is 210 g/mol. The van der Waals surface area contributed by atoms with Crippen molar-refractivity contribution in [3.8, 4) is 0 Å². The molecular weight excluding hydrogens is 192 g/mol. The lowest BCUT2D eigenvalue weighted by atomic mass is 10.1. The first-order valence-electron chi connectivity index (χ1n) is 4.92. The Balaban J connectivity index is 2.40. The molecule has 0 aliphatic carbocycles. The van der Waals surface area contributed by atoms with Crippen LogP contribution in [0, 0.1) is 0 Å². The van der Waals surface area contributed by atoms with Gasteiger partial charge >= 0.3 is 0 Å². The van der Waals surface area contributed by atoms with Gasteiger partial charge in [0.05, 0.1) is 0 Å². The van der Waals surface area contributed by atoms with Gasteiger partial charge in [-0.1, -0.05) is 0 Å². The number of hydrogen-bond acceptors (Lipinski definition) is 3. The smallest absolute Gasteiger partial charge is 0.0270 e. The first-order chi connectivity index (χ1) is 6.86. The van der Waals surface area contributed by atoms with E-state index in [-0.39, 0.29) is 0 Å². The highest BCUT2D eigenvalue weighted by Crippen LogP contribution is 2.07. The highest BCUT2D eigenvalue weighted by Gasteiger charge is 2.05. The van der Waals surface area contributed by atoms with Crippen LogP contribution in [0.3, 0.4) is 0 Å². The van der Waals surface area contributed by atoms with Crippen molar-refractivity contribution in [2.24, 2.45) is 0 Å². The van der Waals surface area contributed by atoms with Crippen molar-refractivity contribution in [1.82, 2.24) is 10.3 Å². The SMILES string of the molecule is CNC(CCSC)Cc1ccncc1. The summed E-state index contributed by atoms with van der Waals surface area (Å²) in [6, 6.07) is 4.76. The molecule has 0 aromatic carbocycles. The highest BCUT2D eigenvalue weighted by atomic mass is 32.2. The molecule has 1 atom stereocenters. The van der Waals surface area contributed by atoms with E-state index < -0.39 is 0 Å². The van der Waals surface area contributed by atoms with Crippen LogP contribution in [0.1, 0.15) is 12.0 Å². The van der Waals surface area contributed by atoms with E-state index >= 15 is 0 Å². The molecule has 0 aliphatic heterocycles. The molecule has 1 unspecified atom stereocenters. The number of rotatable bonds is 6. The molecule has 0 aliphatic rings. The predicted molar refractivity (Wildman–Crippen MR) is 63.8 cm³/mol.